The van der Waals surface area contributed by atoms with E-state index in [1.54, 1.807) is 0 Å². The van der Waals surface area contributed by atoms with Crippen LogP contribution in [0.25, 0.3) is 11.0 Å². The van der Waals surface area contributed by atoms with Crippen LogP contribution in [-0.4, -0.2) is 16.2 Å². The fraction of sp³-hybridized carbons (Fsp3) is 0.350. The Bertz CT molecular complexity index is 772. The molecule has 0 N–H and O–H groups in total. The van der Waals surface area contributed by atoms with Crippen LogP contribution in [-0.2, 0) is 13.0 Å². The average Bonchev–Trinajstić information content (AvgIpc) is 2.95. The number of fused-ring (bicyclic) bond motifs is 1. The molecule has 0 radical (unpaired) electrons. The molecule has 2 aromatic carbocycles. The third-order valence-corrected chi connectivity index (χ3v) is 4.12. The maximum atomic E-state index is 5.91. The number of ether oxygens (including phenoxy) is 1. The Hall–Kier alpha value is -2.29. The maximum absolute atomic E-state index is 5.91. The molecule has 0 aliphatic rings. The van der Waals surface area contributed by atoms with Crippen LogP contribution in [0.3, 0.4) is 0 Å². The van der Waals surface area contributed by atoms with Crippen molar-refractivity contribution < 1.29 is 4.74 Å². The van der Waals surface area contributed by atoms with E-state index in [1.807, 2.05) is 18.2 Å². The highest BCUT2D eigenvalue weighted by atomic mass is 16.5. The summed E-state index contributed by atoms with van der Waals surface area (Å²) in [7, 11) is 0. The quantitative estimate of drug-likeness (QED) is 0.654. The number of imidazole rings is 1. The van der Waals surface area contributed by atoms with Crippen molar-refractivity contribution in [3.63, 3.8) is 0 Å². The monoisotopic (exact) mass is 308 g/mol. The highest BCUT2D eigenvalue weighted by Crippen LogP contribution is 2.22. The summed E-state index contributed by atoms with van der Waals surface area (Å²) in [4.78, 5) is 4.77. The summed E-state index contributed by atoms with van der Waals surface area (Å²) in [6.45, 7) is 7.98. The fourth-order valence-electron chi connectivity index (χ4n) is 2.85. The summed E-state index contributed by atoms with van der Waals surface area (Å²) in [6.07, 6.45) is 1.05. The standard InChI is InChI=1S/C20H24N2O/c1-4-16-9-11-17(12-10-16)23-14-13-22-19-8-6-5-7-18(19)21-20(22)15(2)3/h5-12,15H,4,13-14H2,1-3H3. The van der Waals surface area contributed by atoms with Gasteiger partial charge in [0.1, 0.15) is 18.2 Å². The molecule has 3 rings (SSSR count). The lowest BCUT2D eigenvalue weighted by Gasteiger charge is -2.12. The van der Waals surface area contributed by atoms with E-state index < -0.39 is 0 Å². The minimum absolute atomic E-state index is 0.395. The molecule has 0 fully saturated rings. The van der Waals surface area contributed by atoms with E-state index in [0.29, 0.717) is 12.5 Å². The van der Waals surface area contributed by atoms with Crippen molar-refractivity contribution in [3.8, 4) is 5.75 Å². The van der Waals surface area contributed by atoms with Crippen molar-refractivity contribution in [2.75, 3.05) is 6.61 Å². The van der Waals surface area contributed by atoms with E-state index >= 15 is 0 Å². The minimum atomic E-state index is 0.395. The predicted octanol–water partition coefficient (Wildman–Crippen LogP) is 4.80. The Kier molecular flexibility index (Phi) is 4.65. The third kappa shape index (κ3) is 3.39. The van der Waals surface area contributed by atoms with E-state index in [9.17, 15) is 0 Å². The van der Waals surface area contributed by atoms with Gasteiger partial charge in [-0.1, -0.05) is 45.0 Å². The highest BCUT2D eigenvalue weighted by Gasteiger charge is 2.13. The second-order valence-electron chi connectivity index (χ2n) is 6.11. The molecule has 0 unspecified atom stereocenters. The van der Waals surface area contributed by atoms with Crippen LogP contribution in [0, 0.1) is 0 Å². The Labute approximate surface area is 137 Å². The van der Waals surface area contributed by atoms with Gasteiger partial charge in [-0.05, 0) is 36.2 Å². The van der Waals surface area contributed by atoms with Gasteiger partial charge in [-0.2, -0.15) is 0 Å². The number of hydrogen-bond acceptors (Lipinski definition) is 2. The molecule has 23 heavy (non-hydrogen) atoms. The van der Waals surface area contributed by atoms with Gasteiger partial charge in [-0.15, -0.1) is 0 Å². The topological polar surface area (TPSA) is 27.1 Å². The molecule has 0 bridgehead atoms. The second-order valence-corrected chi connectivity index (χ2v) is 6.11. The second kappa shape index (κ2) is 6.86. The van der Waals surface area contributed by atoms with Gasteiger partial charge in [0.2, 0.25) is 0 Å². The summed E-state index contributed by atoms with van der Waals surface area (Å²) in [6, 6.07) is 16.7. The van der Waals surface area contributed by atoms with Crippen LogP contribution in [0.15, 0.2) is 48.5 Å². The van der Waals surface area contributed by atoms with E-state index in [0.717, 1.165) is 30.1 Å². The van der Waals surface area contributed by atoms with Crippen molar-refractivity contribution in [2.45, 2.75) is 39.7 Å². The third-order valence-electron chi connectivity index (χ3n) is 4.12. The van der Waals surface area contributed by atoms with E-state index in [-0.39, 0.29) is 0 Å². The molecule has 0 aliphatic carbocycles. The van der Waals surface area contributed by atoms with Gasteiger partial charge < -0.3 is 9.30 Å². The van der Waals surface area contributed by atoms with Crippen LogP contribution in [0.2, 0.25) is 0 Å². The number of hydrogen-bond donors (Lipinski definition) is 0. The summed E-state index contributed by atoms with van der Waals surface area (Å²) < 4.78 is 8.19. The van der Waals surface area contributed by atoms with Crippen molar-refractivity contribution in [1.29, 1.82) is 0 Å². The first-order valence-electron chi connectivity index (χ1n) is 8.36. The zero-order valence-electron chi connectivity index (χ0n) is 14.1. The van der Waals surface area contributed by atoms with Gasteiger partial charge in [0, 0.05) is 5.92 Å². The molecule has 3 nitrogen and oxygen atoms in total. The molecule has 0 spiro atoms. The van der Waals surface area contributed by atoms with Crippen LogP contribution in [0.4, 0.5) is 0 Å². The number of para-hydroxylation sites is 2. The van der Waals surface area contributed by atoms with E-state index in [4.69, 9.17) is 9.72 Å². The summed E-state index contributed by atoms with van der Waals surface area (Å²) in [5, 5.41) is 0. The van der Waals surface area contributed by atoms with Gasteiger partial charge in [-0.25, -0.2) is 4.98 Å². The zero-order chi connectivity index (χ0) is 16.2. The highest BCUT2D eigenvalue weighted by molar-refractivity contribution is 5.76. The van der Waals surface area contributed by atoms with Crippen LogP contribution >= 0.6 is 0 Å². The molecule has 3 aromatic rings. The Morgan fingerprint density at radius 1 is 1.04 bits per heavy atom. The molecule has 0 amide bonds. The number of rotatable bonds is 6. The SMILES string of the molecule is CCc1ccc(OCCn2c(C(C)C)nc3ccccc32)cc1. The molecule has 0 atom stereocenters. The van der Waals surface area contributed by atoms with Gasteiger partial charge in [0.15, 0.2) is 0 Å². The predicted molar refractivity (Wildman–Crippen MR) is 95.1 cm³/mol. The number of aromatic nitrogens is 2. The summed E-state index contributed by atoms with van der Waals surface area (Å²) in [5.41, 5.74) is 3.57. The summed E-state index contributed by atoms with van der Waals surface area (Å²) in [5.74, 6) is 2.44. The molecule has 120 valence electrons. The van der Waals surface area contributed by atoms with Crippen LogP contribution in [0.5, 0.6) is 5.75 Å². The lowest BCUT2D eigenvalue weighted by Crippen LogP contribution is -2.12. The molecule has 3 heteroatoms. The molecule has 1 aromatic heterocycles. The molecule has 1 heterocycles. The van der Waals surface area contributed by atoms with E-state index in [1.165, 1.54) is 11.1 Å². The number of aryl methyl sites for hydroxylation is 1. The molecular weight excluding hydrogens is 284 g/mol. The van der Waals surface area contributed by atoms with Gasteiger partial charge >= 0.3 is 0 Å². The van der Waals surface area contributed by atoms with Crippen LogP contribution in [0.1, 0.15) is 38.1 Å². The number of nitrogens with zero attached hydrogens (tertiary/aromatic N) is 2. The fourth-order valence-corrected chi connectivity index (χ4v) is 2.85. The first-order chi connectivity index (χ1) is 11.2. The van der Waals surface area contributed by atoms with Gasteiger partial charge in [-0.3, -0.25) is 0 Å². The Balaban J connectivity index is 1.74. The zero-order valence-corrected chi connectivity index (χ0v) is 14.1. The largest absolute Gasteiger partial charge is 0.492 e. The summed E-state index contributed by atoms with van der Waals surface area (Å²) >= 11 is 0. The lowest BCUT2D eigenvalue weighted by atomic mass is 10.2. The lowest BCUT2D eigenvalue weighted by molar-refractivity contribution is 0.297. The minimum Gasteiger partial charge on any atom is -0.492 e. The Morgan fingerprint density at radius 2 is 1.78 bits per heavy atom. The van der Waals surface area contributed by atoms with Gasteiger partial charge in [0.25, 0.3) is 0 Å². The van der Waals surface area contributed by atoms with Crippen molar-refractivity contribution in [2.24, 2.45) is 0 Å². The van der Waals surface area contributed by atoms with Crippen molar-refractivity contribution >= 4 is 11.0 Å². The molecule has 0 aliphatic heterocycles. The van der Waals surface area contributed by atoms with Crippen molar-refractivity contribution in [3.05, 3.63) is 59.9 Å². The molecule has 0 saturated heterocycles. The van der Waals surface area contributed by atoms with Crippen molar-refractivity contribution in [1.82, 2.24) is 9.55 Å². The number of benzene rings is 2. The average molecular weight is 308 g/mol. The maximum Gasteiger partial charge on any atom is 0.119 e. The first-order valence-corrected chi connectivity index (χ1v) is 8.36. The van der Waals surface area contributed by atoms with Crippen LogP contribution < -0.4 is 4.74 Å². The normalized spacial score (nSPS) is 11.3. The molecule has 0 saturated carbocycles. The first kappa shape index (κ1) is 15.6. The van der Waals surface area contributed by atoms with Gasteiger partial charge in [0.05, 0.1) is 17.6 Å². The smallest absolute Gasteiger partial charge is 0.119 e. The van der Waals surface area contributed by atoms with E-state index in [2.05, 4.69) is 55.7 Å². The molecular formula is C20H24N2O. The Morgan fingerprint density at radius 3 is 2.48 bits per heavy atom.